The molecule has 0 saturated heterocycles. The first kappa shape index (κ1) is 21.2. The maximum absolute atomic E-state index is 12.8. The van der Waals surface area contributed by atoms with E-state index in [0.717, 1.165) is 17.9 Å². The van der Waals surface area contributed by atoms with Gasteiger partial charge < -0.3 is 9.30 Å². The number of rotatable bonds is 7. The molecule has 0 amide bonds. The number of aromatic nitrogens is 3. The zero-order chi connectivity index (χ0) is 21.0. The summed E-state index contributed by atoms with van der Waals surface area (Å²) in [6, 6.07) is 13.2. The lowest BCUT2D eigenvalue weighted by Crippen LogP contribution is -2.05. The van der Waals surface area contributed by atoms with Gasteiger partial charge in [0, 0.05) is 12.8 Å². The average Bonchev–Trinajstić information content (AvgIpc) is 3.04. The predicted octanol–water partition coefficient (Wildman–Crippen LogP) is 5.83. The molecular weight excluding hydrogens is 399 g/mol. The van der Waals surface area contributed by atoms with Gasteiger partial charge in [0.15, 0.2) is 11.0 Å². The highest BCUT2D eigenvalue weighted by molar-refractivity contribution is 7.98. The van der Waals surface area contributed by atoms with E-state index in [2.05, 4.69) is 24.0 Å². The lowest BCUT2D eigenvalue weighted by molar-refractivity contribution is -0.137. The molecule has 29 heavy (non-hydrogen) atoms. The van der Waals surface area contributed by atoms with Gasteiger partial charge in [-0.25, -0.2) is 0 Å². The lowest BCUT2D eigenvalue weighted by atomic mass is 10.0. The molecule has 154 valence electrons. The molecular formula is C21H22F3N3OS. The monoisotopic (exact) mass is 421 g/mol. The van der Waals surface area contributed by atoms with E-state index in [4.69, 9.17) is 4.74 Å². The molecule has 1 heterocycles. The second-order valence-electron chi connectivity index (χ2n) is 6.96. The molecule has 0 fully saturated rings. The normalized spacial score (nSPS) is 11.8. The van der Waals surface area contributed by atoms with Crippen LogP contribution in [0.15, 0.2) is 53.7 Å². The van der Waals surface area contributed by atoms with Crippen molar-refractivity contribution in [1.82, 2.24) is 14.8 Å². The Morgan fingerprint density at radius 2 is 1.79 bits per heavy atom. The van der Waals surface area contributed by atoms with Crippen LogP contribution in [0.2, 0.25) is 0 Å². The second-order valence-corrected chi connectivity index (χ2v) is 7.90. The van der Waals surface area contributed by atoms with E-state index in [0.29, 0.717) is 28.2 Å². The summed E-state index contributed by atoms with van der Waals surface area (Å²) < 4.78 is 46.1. The quantitative estimate of drug-likeness (QED) is 0.450. The predicted molar refractivity (Wildman–Crippen MR) is 107 cm³/mol. The van der Waals surface area contributed by atoms with E-state index in [9.17, 15) is 13.2 Å². The third kappa shape index (κ3) is 5.53. The summed E-state index contributed by atoms with van der Waals surface area (Å²) in [7, 11) is 1.81. The minimum atomic E-state index is -4.34. The fourth-order valence-electron chi connectivity index (χ4n) is 2.68. The van der Waals surface area contributed by atoms with Gasteiger partial charge in [0.2, 0.25) is 0 Å². The highest BCUT2D eigenvalue weighted by Gasteiger charge is 2.30. The van der Waals surface area contributed by atoms with E-state index in [-0.39, 0.29) is 6.61 Å². The topological polar surface area (TPSA) is 39.9 Å². The molecule has 4 nitrogen and oxygen atoms in total. The van der Waals surface area contributed by atoms with Crippen molar-refractivity contribution < 1.29 is 17.9 Å². The summed E-state index contributed by atoms with van der Waals surface area (Å²) in [5.41, 5.74) is 1.17. The summed E-state index contributed by atoms with van der Waals surface area (Å²) in [6.45, 7) is 4.52. The number of ether oxygens (including phenoxy) is 1. The van der Waals surface area contributed by atoms with Crippen LogP contribution in [0, 0.1) is 0 Å². The summed E-state index contributed by atoms with van der Waals surface area (Å²) in [6.07, 6.45) is -4.34. The van der Waals surface area contributed by atoms with Crippen LogP contribution in [0.1, 0.15) is 42.3 Å². The molecule has 0 spiro atoms. The lowest BCUT2D eigenvalue weighted by Gasteiger charge is -2.09. The Kier molecular flexibility index (Phi) is 6.52. The number of halogens is 3. The third-order valence-corrected chi connectivity index (χ3v) is 5.55. The van der Waals surface area contributed by atoms with Gasteiger partial charge in [-0.05, 0) is 35.2 Å². The van der Waals surface area contributed by atoms with Crippen molar-refractivity contribution in [3.05, 3.63) is 71.0 Å². The first-order chi connectivity index (χ1) is 13.7. The Morgan fingerprint density at radius 3 is 2.45 bits per heavy atom. The van der Waals surface area contributed by atoms with Crippen molar-refractivity contribution in [3.8, 4) is 5.75 Å². The van der Waals surface area contributed by atoms with Gasteiger partial charge in [0.25, 0.3) is 0 Å². The van der Waals surface area contributed by atoms with E-state index in [1.54, 1.807) is 10.6 Å². The van der Waals surface area contributed by atoms with E-state index < -0.39 is 11.7 Å². The molecule has 2 aromatic carbocycles. The van der Waals surface area contributed by atoms with Crippen LogP contribution >= 0.6 is 11.8 Å². The minimum Gasteiger partial charge on any atom is -0.486 e. The van der Waals surface area contributed by atoms with E-state index in [1.807, 2.05) is 31.3 Å². The number of alkyl halides is 3. The van der Waals surface area contributed by atoms with Crippen molar-refractivity contribution >= 4 is 11.8 Å². The van der Waals surface area contributed by atoms with Crippen LogP contribution < -0.4 is 4.74 Å². The SMILES string of the molecule is CC(C)c1ccc(OCc2nnc(SCc3cccc(C(F)(F)F)c3)n2C)cc1. The van der Waals surface area contributed by atoms with Crippen molar-refractivity contribution in [2.24, 2.45) is 7.05 Å². The fourth-order valence-corrected chi connectivity index (χ4v) is 3.55. The molecule has 3 rings (SSSR count). The van der Waals surface area contributed by atoms with Gasteiger partial charge >= 0.3 is 6.18 Å². The summed E-state index contributed by atoms with van der Waals surface area (Å²) in [5.74, 6) is 2.21. The van der Waals surface area contributed by atoms with E-state index >= 15 is 0 Å². The standard InChI is InChI=1S/C21H22F3N3OS/c1-14(2)16-7-9-18(10-8-16)28-12-19-25-26-20(27(19)3)29-13-15-5-4-6-17(11-15)21(22,23)24/h4-11,14H,12-13H2,1-3H3. The molecule has 0 atom stereocenters. The van der Waals surface area contributed by atoms with Gasteiger partial charge in [0.1, 0.15) is 12.4 Å². The van der Waals surface area contributed by atoms with Gasteiger partial charge in [0.05, 0.1) is 5.56 Å². The molecule has 0 saturated carbocycles. The zero-order valence-electron chi connectivity index (χ0n) is 16.4. The molecule has 0 bridgehead atoms. The van der Waals surface area contributed by atoms with Gasteiger partial charge in [-0.3, -0.25) is 0 Å². The van der Waals surface area contributed by atoms with Crippen molar-refractivity contribution in [2.75, 3.05) is 0 Å². The third-order valence-electron chi connectivity index (χ3n) is 4.46. The van der Waals surface area contributed by atoms with Crippen LogP contribution in [0.3, 0.4) is 0 Å². The second kappa shape index (κ2) is 8.90. The molecule has 1 aromatic heterocycles. The first-order valence-electron chi connectivity index (χ1n) is 9.14. The van der Waals surface area contributed by atoms with Crippen LogP contribution in [0.4, 0.5) is 13.2 Å². The smallest absolute Gasteiger partial charge is 0.416 e. The van der Waals surface area contributed by atoms with Crippen molar-refractivity contribution in [2.45, 2.75) is 43.5 Å². The molecule has 0 unspecified atom stereocenters. The maximum Gasteiger partial charge on any atom is 0.416 e. The Bertz CT molecular complexity index is 953. The van der Waals surface area contributed by atoms with Gasteiger partial charge in [-0.1, -0.05) is 55.9 Å². The van der Waals surface area contributed by atoms with Crippen LogP contribution in [-0.4, -0.2) is 14.8 Å². The average molecular weight is 421 g/mol. The van der Waals surface area contributed by atoms with E-state index in [1.165, 1.54) is 23.4 Å². The molecule has 0 aliphatic carbocycles. The van der Waals surface area contributed by atoms with Crippen molar-refractivity contribution in [1.29, 1.82) is 0 Å². The number of benzene rings is 2. The Hall–Kier alpha value is -2.48. The van der Waals surface area contributed by atoms with Crippen LogP contribution in [-0.2, 0) is 25.6 Å². The number of hydrogen-bond donors (Lipinski definition) is 0. The summed E-state index contributed by atoms with van der Waals surface area (Å²) in [4.78, 5) is 0. The van der Waals surface area contributed by atoms with Crippen LogP contribution in [0.25, 0.3) is 0 Å². The molecule has 0 N–H and O–H groups in total. The summed E-state index contributed by atoms with van der Waals surface area (Å²) in [5, 5.41) is 8.88. The number of thioether (sulfide) groups is 1. The van der Waals surface area contributed by atoms with Gasteiger partial charge in [-0.2, -0.15) is 13.2 Å². The van der Waals surface area contributed by atoms with Gasteiger partial charge in [-0.15, -0.1) is 10.2 Å². The maximum atomic E-state index is 12.8. The molecule has 0 aliphatic heterocycles. The molecule has 3 aromatic rings. The van der Waals surface area contributed by atoms with Crippen molar-refractivity contribution in [3.63, 3.8) is 0 Å². The number of nitrogens with zero attached hydrogens (tertiary/aromatic N) is 3. The Balaban J connectivity index is 1.59. The summed E-state index contributed by atoms with van der Waals surface area (Å²) >= 11 is 1.33. The highest BCUT2D eigenvalue weighted by atomic mass is 32.2. The molecule has 0 radical (unpaired) electrons. The zero-order valence-corrected chi connectivity index (χ0v) is 17.2. The highest BCUT2D eigenvalue weighted by Crippen LogP contribution is 2.31. The largest absolute Gasteiger partial charge is 0.486 e. The first-order valence-corrected chi connectivity index (χ1v) is 10.1. The Morgan fingerprint density at radius 1 is 1.07 bits per heavy atom. The molecule has 0 aliphatic rings. The van der Waals surface area contributed by atoms with Crippen LogP contribution in [0.5, 0.6) is 5.75 Å². The fraction of sp³-hybridized carbons (Fsp3) is 0.333. The Labute approximate surface area is 172 Å². The number of hydrogen-bond acceptors (Lipinski definition) is 4. The minimum absolute atomic E-state index is 0.259. The molecule has 8 heteroatoms.